The van der Waals surface area contributed by atoms with Crippen molar-refractivity contribution >= 4 is 48.3 Å². The normalized spacial score (nSPS) is 11.9. The monoisotopic (exact) mass is 479 g/mol. The van der Waals surface area contributed by atoms with Crippen molar-refractivity contribution in [2.75, 3.05) is 18.5 Å². The van der Waals surface area contributed by atoms with Gasteiger partial charge in [0.1, 0.15) is 0 Å². The highest BCUT2D eigenvalue weighted by molar-refractivity contribution is 7.89. The van der Waals surface area contributed by atoms with Crippen LogP contribution in [-0.2, 0) is 14.8 Å². The molecule has 1 amide bonds. The van der Waals surface area contributed by atoms with Crippen molar-refractivity contribution in [3.63, 3.8) is 0 Å². The van der Waals surface area contributed by atoms with Gasteiger partial charge in [-0.2, -0.15) is 4.31 Å². The quantitative estimate of drug-likeness (QED) is 0.356. The average Bonchev–Trinajstić information content (AvgIpc) is 3.23. The Balaban J connectivity index is 1.70. The molecule has 0 aliphatic heterocycles. The number of amides is 1. The molecule has 0 fully saturated rings. The molecule has 1 heterocycles. The van der Waals surface area contributed by atoms with Crippen LogP contribution >= 0.6 is 11.3 Å². The van der Waals surface area contributed by atoms with Gasteiger partial charge in [-0.25, -0.2) is 13.4 Å². The first-order valence-electron chi connectivity index (χ1n) is 10.6. The zero-order valence-corrected chi connectivity index (χ0v) is 20.3. The van der Waals surface area contributed by atoms with Crippen LogP contribution in [0.25, 0.3) is 10.2 Å². The zero-order valence-electron chi connectivity index (χ0n) is 18.7. The summed E-state index contributed by atoms with van der Waals surface area (Å²) in [5.41, 5.74) is 2.59. The molecule has 0 spiro atoms. The minimum Gasteiger partial charge on any atom is -0.272 e. The van der Waals surface area contributed by atoms with Crippen molar-refractivity contribution in [3.05, 3.63) is 84.4 Å². The number of nitrogens with zero attached hydrogens (tertiary/aromatic N) is 3. The number of thiazole rings is 1. The minimum atomic E-state index is -3.81. The molecule has 6 nitrogen and oxygen atoms in total. The highest BCUT2D eigenvalue weighted by Gasteiger charge is 2.28. The number of carbonyl (C=O) groups is 1. The molecule has 4 rings (SSSR count). The van der Waals surface area contributed by atoms with Gasteiger partial charge in [0.2, 0.25) is 15.9 Å². The van der Waals surface area contributed by atoms with Gasteiger partial charge in [-0.3, -0.25) is 9.69 Å². The molecule has 4 aromatic rings. The predicted molar refractivity (Wildman–Crippen MR) is 134 cm³/mol. The summed E-state index contributed by atoms with van der Waals surface area (Å²) in [6.07, 6.45) is 0. The summed E-state index contributed by atoms with van der Waals surface area (Å²) >= 11 is 1.40. The van der Waals surface area contributed by atoms with Crippen LogP contribution in [0.4, 0.5) is 10.8 Å². The van der Waals surface area contributed by atoms with Gasteiger partial charge in [0.05, 0.1) is 27.3 Å². The molecule has 0 aliphatic carbocycles. The van der Waals surface area contributed by atoms with E-state index >= 15 is 0 Å². The van der Waals surface area contributed by atoms with E-state index in [1.807, 2.05) is 48.5 Å². The molecule has 0 bridgehead atoms. The number of para-hydroxylation sites is 1. The van der Waals surface area contributed by atoms with Crippen LogP contribution < -0.4 is 4.90 Å². The number of anilines is 2. The lowest BCUT2D eigenvalue weighted by Gasteiger charge is -2.24. The lowest BCUT2D eigenvalue weighted by Crippen LogP contribution is -2.39. The lowest BCUT2D eigenvalue weighted by molar-refractivity contribution is -0.117. The van der Waals surface area contributed by atoms with Crippen molar-refractivity contribution in [2.45, 2.75) is 24.7 Å². The molecule has 8 heteroatoms. The number of benzene rings is 3. The fourth-order valence-corrected chi connectivity index (χ4v) is 5.59. The number of carbonyl (C=O) groups excluding carboxylic acids is 1. The third-order valence-electron chi connectivity index (χ3n) is 5.35. The molecular formula is C25H25N3O3S2. The lowest BCUT2D eigenvalue weighted by atomic mass is 10.0. The second-order valence-corrected chi connectivity index (χ2v) is 11.1. The third-order valence-corrected chi connectivity index (χ3v) is 8.19. The standard InChI is InChI=1S/C25H25N3O3S2/c1-18(2)19-13-15-20(16-14-19)28(25-26-22-11-7-8-12-23(22)32-25)24(29)17-27(3)33(30,31)21-9-5-4-6-10-21/h4-16,18H,17H2,1-3H3. The maximum atomic E-state index is 13.5. The van der Waals surface area contributed by atoms with Crippen LogP contribution in [0.5, 0.6) is 0 Å². The van der Waals surface area contributed by atoms with Gasteiger partial charge >= 0.3 is 0 Å². The van der Waals surface area contributed by atoms with Crippen molar-refractivity contribution in [3.8, 4) is 0 Å². The van der Waals surface area contributed by atoms with E-state index in [1.165, 1.54) is 35.4 Å². The van der Waals surface area contributed by atoms with Gasteiger partial charge < -0.3 is 0 Å². The Hall–Kier alpha value is -3.07. The van der Waals surface area contributed by atoms with Crippen LogP contribution in [0.3, 0.4) is 0 Å². The van der Waals surface area contributed by atoms with E-state index in [9.17, 15) is 13.2 Å². The van der Waals surface area contributed by atoms with Crippen LogP contribution in [0.2, 0.25) is 0 Å². The van der Waals surface area contributed by atoms with E-state index in [2.05, 4.69) is 18.8 Å². The maximum absolute atomic E-state index is 13.5. The highest BCUT2D eigenvalue weighted by atomic mass is 32.2. The first kappa shape index (κ1) is 23.1. The SMILES string of the molecule is CC(C)c1ccc(N(C(=O)CN(C)S(=O)(=O)c2ccccc2)c2nc3ccccc3s2)cc1. The number of rotatable bonds is 7. The fourth-order valence-electron chi connectivity index (χ4n) is 3.44. The number of sulfonamides is 1. The second kappa shape index (κ2) is 9.43. The Kier molecular flexibility index (Phi) is 6.60. The largest absolute Gasteiger partial charge is 0.272 e. The Bertz CT molecular complexity index is 1330. The Labute approximate surface area is 198 Å². The summed E-state index contributed by atoms with van der Waals surface area (Å²) in [5.74, 6) is -0.0267. The maximum Gasteiger partial charge on any atom is 0.248 e. The molecule has 0 atom stereocenters. The van der Waals surface area contributed by atoms with Crippen molar-refractivity contribution in [1.29, 1.82) is 0 Å². The average molecular weight is 480 g/mol. The minimum absolute atomic E-state index is 0.146. The molecule has 0 saturated carbocycles. The van der Waals surface area contributed by atoms with Gasteiger partial charge in [-0.15, -0.1) is 0 Å². The number of aromatic nitrogens is 1. The molecular weight excluding hydrogens is 454 g/mol. The predicted octanol–water partition coefficient (Wildman–Crippen LogP) is 5.41. The third kappa shape index (κ3) is 4.83. The summed E-state index contributed by atoms with van der Waals surface area (Å²) in [6.45, 7) is 3.89. The van der Waals surface area contributed by atoms with E-state index < -0.39 is 10.0 Å². The molecule has 33 heavy (non-hydrogen) atoms. The molecule has 1 aromatic heterocycles. The molecule has 170 valence electrons. The van der Waals surface area contributed by atoms with Crippen LogP contribution in [-0.4, -0.2) is 37.2 Å². The molecule has 3 aromatic carbocycles. The van der Waals surface area contributed by atoms with E-state index in [0.717, 1.165) is 20.1 Å². The molecule has 0 N–H and O–H groups in total. The highest BCUT2D eigenvalue weighted by Crippen LogP contribution is 2.34. The van der Waals surface area contributed by atoms with Crippen molar-refractivity contribution < 1.29 is 13.2 Å². The number of likely N-dealkylation sites (N-methyl/N-ethyl adjacent to an activating group) is 1. The van der Waals surface area contributed by atoms with Gasteiger partial charge in [0.15, 0.2) is 5.13 Å². The smallest absolute Gasteiger partial charge is 0.248 e. The summed E-state index contributed by atoms with van der Waals surface area (Å²) < 4.78 is 28.0. The fraction of sp³-hybridized carbons (Fsp3) is 0.200. The Morgan fingerprint density at radius 2 is 1.58 bits per heavy atom. The second-order valence-electron chi connectivity index (χ2n) is 8.01. The van der Waals surface area contributed by atoms with E-state index in [4.69, 9.17) is 0 Å². The van der Waals surface area contributed by atoms with Crippen LogP contribution in [0.15, 0.2) is 83.8 Å². The van der Waals surface area contributed by atoms with E-state index in [0.29, 0.717) is 16.7 Å². The number of fused-ring (bicyclic) bond motifs is 1. The van der Waals surface area contributed by atoms with Gasteiger partial charge in [0.25, 0.3) is 0 Å². The summed E-state index contributed by atoms with van der Waals surface area (Å²) in [6, 6.07) is 23.5. The summed E-state index contributed by atoms with van der Waals surface area (Å²) in [5, 5.41) is 0.504. The van der Waals surface area contributed by atoms with Gasteiger partial charge in [0, 0.05) is 7.05 Å². The van der Waals surface area contributed by atoms with Crippen molar-refractivity contribution in [1.82, 2.24) is 9.29 Å². The molecule has 0 unspecified atom stereocenters. The first-order valence-corrected chi connectivity index (χ1v) is 12.8. The Morgan fingerprint density at radius 3 is 2.21 bits per heavy atom. The summed E-state index contributed by atoms with van der Waals surface area (Å²) in [4.78, 5) is 19.8. The van der Waals surface area contributed by atoms with Gasteiger partial charge in [-0.1, -0.05) is 67.6 Å². The van der Waals surface area contributed by atoms with Gasteiger partial charge in [-0.05, 0) is 47.9 Å². The Morgan fingerprint density at radius 1 is 0.939 bits per heavy atom. The van der Waals surface area contributed by atoms with Crippen LogP contribution in [0, 0.1) is 0 Å². The van der Waals surface area contributed by atoms with Crippen LogP contribution in [0.1, 0.15) is 25.3 Å². The molecule has 0 saturated heterocycles. The molecule has 0 aliphatic rings. The number of hydrogen-bond acceptors (Lipinski definition) is 5. The van der Waals surface area contributed by atoms with Crippen molar-refractivity contribution in [2.24, 2.45) is 0 Å². The van der Waals surface area contributed by atoms with E-state index in [-0.39, 0.29) is 17.3 Å². The topological polar surface area (TPSA) is 70.6 Å². The zero-order chi connectivity index (χ0) is 23.6. The summed E-state index contributed by atoms with van der Waals surface area (Å²) in [7, 11) is -2.39. The number of hydrogen-bond donors (Lipinski definition) is 0. The first-order chi connectivity index (χ1) is 15.8. The van der Waals surface area contributed by atoms with E-state index in [1.54, 1.807) is 18.2 Å². The molecule has 0 radical (unpaired) electrons.